The molecule has 1 rings (SSSR count). The average Bonchev–Trinajstić information content (AvgIpc) is 1.64. The predicted molar refractivity (Wildman–Crippen MR) is 24.0 cm³/mol. The van der Waals surface area contributed by atoms with Gasteiger partial charge in [-0.05, 0) is 12.1 Å². The molecule has 8 heavy (non-hydrogen) atoms. The fourth-order valence-electron chi connectivity index (χ4n) is 0.371. The van der Waals surface area contributed by atoms with Gasteiger partial charge in [0.25, 0.3) is 0 Å². The maximum Gasteiger partial charge on any atom is 0.142 e. The Morgan fingerprint density at radius 2 is 2.12 bits per heavy atom. The lowest BCUT2D eigenvalue weighted by atomic mass is 10.3. The third-order valence-corrected chi connectivity index (χ3v) is 0.669. The van der Waals surface area contributed by atoms with Crippen LogP contribution in [0, 0.1) is 23.8 Å². The van der Waals surface area contributed by atoms with Gasteiger partial charge in [0.15, 0.2) is 0 Å². The van der Waals surface area contributed by atoms with E-state index in [4.69, 9.17) is 0 Å². The molecule has 0 amide bonds. The zero-order chi connectivity index (χ0) is 5.98. The van der Waals surface area contributed by atoms with Gasteiger partial charge in [0.1, 0.15) is 11.6 Å². The molecule has 0 heterocycles. The SMILES string of the molecule is Fc1[c]ccc(F)[c]1. The van der Waals surface area contributed by atoms with Crippen LogP contribution in [0.3, 0.4) is 0 Å². The topological polar surface area (TPSA) is 0 Å². The van der Waals surface area contributed by atoms with Gasteiger partial charge in [0, 0.05) is 6.07 Å². The zero-order valence-corrected chi connectivity index (χ0v) is 3.91. The van der Waals surface area contributed by atoms with Gasteiger partial charge >= 0.3 is 0 Å². The lowest BCUT2D eigenvalue weighted by Gasteiger charge is -1.82. The molecule has 0 fully saturated rings. The van der Waals surface area contributed by atoms with Crippen molar-refractivity contribution in [3.8, 4) is 0 Å². The van der Waals surface area contributed by atoms with Crippen molar-refractivity contribution in [2.45, 2.75) is 0 Å². The first-order valence-corrected chi connectivity index (χ1v) is 2.04. The predicted octanol–water partition coefficient (Wildman–Crippen LogP) is 1.57. The van der Waals surface area contributed by atoms with Crippen LogP contribution >= 0.6 is 0 Å². The summed E-state index contributed by atoms with van der Waals surface area (Å²) in [5.41, 5.74) is 0. The molecule has 1 aromatic rings. The molecule has 0 saturated heterocycles. The molecule has 0 saturated carbocycles. The molecule has 0 spiro atoms. The minimum atomic E-state index is -0.787. The molecule has 0 aliphatic rings. The van der Waals surface area contributed by atoms with Crippen molar-refractivity contribution >= 4 is 0 Å². The highest BCUT2D eigenvalue weighted by Crippen LogP contribution is 1.97. The largest absolute Gasteiger partial charge is 0.206 e. The second-order valence-corrected chi connectivity index (χ2v) is 1.26. The standard InChI is InChI=1S/C6H2F2/c7-5-2-1-3-6(8)4-5/h1-2H. The van der Waals surface area contributed by atoms with Crippen molar-refractivity contribution in [2.24, 2.45) is 0 Å². The van der Waals surface area contributed by atoms with Gasteiger partial charge < -0.3 is 0 Å². The van der Waals surface area contributed by atoms with Crippen molar-refractivity contribution in [2.75, 3.05) is 0 Å². The Hall–Kier alpha value is -0.920. The van der Waals surface area contributed by atoms with Gasteiger partial charge in [-0.2, -0.15) is 0 Å². The van der Waals surface area contributed by atoms with E-state index in [-0.39, 0.29) is 0 Å². The lowest BCUT2D eigenvalue weighted by Crippen LogP contribution is -1.75. The van der Waals surface area contributed by atoms with Crippen molar-refractivity contribution in [1.82, 2.24) is 0 Å². The van der Waals surface area contributed by atoms with Crippen LogP contribution in [0.5, 0.6) is 0 Å². The summed E-state index contributed by atoms with van der Waals surface area (Å²) in [6.07, 6.45) is 0. The van der Waals surface area contributed by atoms with Crippen molar-refractivity contribution in [3.05, 3.63) is 35.9 Å². The Morgan fingerprint density at radius 1 is 1.38 bits per heavy atom. The first-order valence-electron chi connectivity index (χ1n) is 2.04. The maximum absolute atomic E-state index is 11.9. The van der Waals surface area contributed by atoms with Gasteiger partial charge in [-0.1, -0.05) is 0 Å². The first-order chi connectivity index (χ1) is 3.79. The van der Waals surface area contributed by atoms with Crippen LogP contribution < -0.4 is 0 Å². The molecule has 1 aromatic carbocycles. The van der Waals surface area contributed by atoms with Crippen molar-refractivity contribution in [1.29, 1.82) is 0 Å². The maximum atomic E-state index is 11.9. The number of halogens is 2. The molecule has 0 N–H and O–H groups in total. The van der Waals surface area contributed by atoms with E-state index in [0.29, 0.717) is 0 Å². The quantitative estimate of drug-likeness (QED) is 0.477. The Kier molecular flexibility index (Phi) is 1.24. The zero-order valence-electron chi connectivity index (χ0n) is 3.91. The molecule has 2 heteroatoms. The number of hydrogen-bond acceptors (Lipinski definition) is 0. The molecular formula is C6H2F2. The van der Waals surface area contributed by atoms with Gasteiger partial charge in [-0.15, -0.1) is 0 Å². The summed E-state index contributed by atoms with van der Waals surface area (Å²) in [6.45, 7) is 0. The summed E-state index contributed by atoms with van der Waals surface area (Å²) in [6, 6.07) is 6.15. The van der Waals surface area contributed by atoms with Crippen LogP contribution in [-0.4, -0.2) is 0 Å². The van der Waals surface area contributed by atoms with E-state index in [0.717, 1.165) is 6.07 Å². The Morgan fingerprint density at radius 3 is 2.50 bits per heavy atom. The summed E-state index contributed by atoms with van der Waals surface area (Å²) < 4.78 is 23.7. The minimum Gasteiger partial charge on any atom is -0.206 e. The van der Waals surface area contributed by atoms with Crippen LogP contribution in [-0.2, 0) is 0 Å². The van der Waals surface area contributed by atoms with Crippen LogP contribution in [0.15, 0.2) is 12.1 Å². The smallest absolute Gasteiger partial charge is 0.142 e. The fourth-order valence-corrected chi connectivity index (χ4v) is 0.371. The Balaban J connectivity index is 3.08. The van der Waals surface area contributed by atoms with Gasteiger partial charge in [0.05, 0.1) is 6.07 Å². The molecule has 2 radical (unpaired) electrons. The molecule has 40 valence electrons. The first kappa shape index (κ1) is 5.22. The summed E-state index contributed by atoms with van der Waals surface area (Å²) >= 11 is 0. The van der Waals surface area contributed by atoms with E-state index in [1.165, 1.54) is 6.07 Å². The van der Waals surface area contributed by atoms with Crippen molar-refractivity contribution < 1.29 is 8.78 Å². The Bertz CT molecular complexity index is 166. The monoisotopic (exact) mass is 112 g/mol. The summed E-state index contributed by atoms with van der Waals surface area (Å²) in [4.78, 5) is 0. The van der Waals surface area contributed by atoms with E-state index >= 15 is 0 Å². The second kappa shape index (κ2) is 1.90. The molecule has 0 aromatic heterocycles. The highest BCUT2D eigenvalue weighted by Gasteiger charge is 1.90. The van der Waals surface area contributed by atoms with Crippen LogP contribution in [0.25, 0.3) is 0 Å². The molecule has 0 nitrogen and oxygen atoms in total. The van der Waals surface area contributed by atoms with E-state index in [2.05, 4.69) is 6.07 Å². The normalized spacial score (nSPS) is 9.25. The highest BCUT2D eigenvalue weighted by atomic mass is 19.1. The summed E-state index contributed by atoms with van der Waals surface area (Å²) in [7, 11) is 0. The third-order valence-electron chi connectivity index (χ3n) is 0.669. The van der Waals surface area contributed by atoms with Crippen LogP contribution in [0.4, 0.5) is 8.78 Å². The number of rotatable bonds is 0. The Labute approximate surface area is 45.8 Å². The second-order valence-electron chi connectivity index (χ2n) is 1.26. The van der Waals surface area contributed by atoms with E-state index in [1.54, 1.807) is 6.07 Å². The van der Waals surface area contributed by atoms with Gasteiger partial charge in [0.2, 0.25) is 0 Å². The number of benzene rings is 1. The summed E-state index contributed by atoms with van der Waals surface area (Å²) in [5, 5.41) is 0. The van der Waals surface area contributed by atoms with Gasteiger partial charge in [-0.3, -0.25) is 0 Å². The third kappa shape index (κ3) is 1.03. The molecule has 0 unspecified atom stereocenters. The molecule has 0 aliphatic carbocycles. The van der Waals surface area contributed by atoms with E-state index in [1.807, 2.05) is 0 Å². The fraction of sp³-hybridized carbons (Fsp3) is 0. The molecular weight excluding hydrogens is 110 g/mol. The molecule has 0 aliphatic heterocycles. The van der Waals surface area contributed by atoms with E-state index in [9.17, 15) is 8.78 Å². The lowest BCUT2D eigenvalue weighted by molar-refractivity contribution is 0.578. The molecule has 0 atom stereocenters. The average molecular weight is 112 g/mol. The minimum absolute atomic E-state index is 0.693. The molecule has 0 bridgehead atoms. The van der Waals surface area contributed by atoms with Gasteiger partial charge in [-0.25, -0.2) is 8.78 Å². The number of hydrogen-bond donors (Lipinski definition) is 0. The highest BCUT2D eigenvalue weighted by molar-refractivity contribution is 5.01. The van der Waals surface area contributed by atoms with Crippen LogP contribution in [0.1, 0.15) is 0 Å². The van der Waals surface area contributed by atoms with E-state index < -0.39 is 11.6 Å². The van der Waals surface area contributed by atoms with Crippen LogP contribution in [0.2, 0.25) is 0 Å². The summed E-state index contributed by atoms with van der Waals surface area (Å²) in [5.74, 6) is -1.48. The van der Waals surface area contributed by atoms with Crippen molar-refractivity contribution in [3.63, 3.8) is 0 Å².